The fraction of sp³-hybridized carbons (Fsp3) is 0.600. The van der Waals surface area contributed by atoms with Crippen molar-refractivity contribution in [3.8, 4) is 11.5 Å². The van der Waals surface area contributed by atoms with Crippen LogP contribution in [0.15, 0.2) is 18.2 Å². The van der Waals surface area contributed by atoms with Crippen LogP contribution in [0.25, 0.3) is 0 Å². The maximum Gasteiger partial charge on any atom is 0.387 e. The number of hydrogen-bond donors (Lipinski definition) is 1. The quantitative estimate of drug-likeness (QED) is 0.838. The molecular weight excluding hydrogens is 278 g/mol. The number of likely N-dealkylation sites (tertiary alicyclic amines) is 1. The van der Waals surface area contributed by atoms with E-state index in [9.17, 15) is 8.78 Å². The SMILES string of the molecule is CNCC1CCN(Cc2ccc(OC)c(OC(F)F)c2)C1. The number of benzene rings is 1. The summed E-state index contributed by atoms with van der Waals surface area (Å²) in [6, 6.07) is 5.20. The van der Waals surface area contributed by atoms with Crippen LogP contribution < -0.4 is 14.8 Å². The van der Waals surface area contributed by atoms with E-state index in [0.717, 1.165) is 38.2 Å². The number of nitrogens with one attached hydrogen (secondary N) is 1. The molecule has 21 heavy (non-hydrogen) atoms. The van der Waals surface area contributed by atoms with Gasteiger partial charge in [-0.1, -0.05) is 6.07 Å². The fourth-order valence-corrected chi connectivity index (χ4v) is 2.78. The molecule has 1 unspecified atom stereocenters. The molecular formula is C15H22F2N2O2. The molecule has 1 heterocycles. The normalized spacial score (nSPS) is 19.2. The molecule has 0 aromatic heterocycles. The first-order valence-electron chi connectivity index (χ1n) is 7.11. The van der Waals surface area contributed by atoms with Gasteiger partial charge in [0.2, 0.25) is 0 Å². The van der Waals surface area contributed by atoms with Gasteiger partial charge in [0.1, 0.15) is 0 Å². The summed E-state index contributed by atoms with van der Waals surface area (Å²) in [7, 11) is 3.40. The molecule has 118 valence electrons. The lowest BCUT2D eigenvalue weighted by Crippen LogP contribution is -2.24. The van der Waals surface area contributed by atoms with Gasteiger partial charge in [0.25, 0.3) is 0 Å². The van der Waals surface area contributed by atoms with Crippen LogP contribution in [0, 0.1) is 5.92 Å². The highest BCUT2D eigenvalue weighted by molar-refractivity contribution is 5.43. The van der Waals surface area contributed by atoms with Crippen molar-refractivity contribution in [2.24, 2.45) is 5.92 Å². The highest BCUT2D eigenvalue weighted by Crippen LogP contribution is 2.30. The van der Waals surface area contributed by atoms with Crippen LogP contribution in [0.5, 0.6) is 11.5 Å². The second-order valence-corrected chi connectivity index (χ2v) is 5.31. The van der Waals surface area contributed by atoms with Crippen LogP contribution in [0.2, 0.25) is 0 Å². The standard InChI is InChI=1S/C15H22F2N2O2/c1-18-8-12-5-6-19(10-12)9-11-3-4-13(20-2)14(7-11)21-15(16)17/h3-4,7,12,15,18H,5-6,8-10H2,1-2H3. The number of rotatable bonds is 7. The van der Waals surface area contributed by atoms with E-state index in [1.54, 1.807) is 12.1 Å². The molecule has 1 saturated heterocycles. The summed E-state index contributed by atoms with van der Waals surface area (Å²) >= 11 is 0. The van der Waals surface area contributed by atoms with Crippen molar-refractivity contribution in [3.63, 3.8) is 0 Å². The molecule has 0 radical (unpaired) electrons. The summed E-state index contributed by atoms with van der Waals surface area (Å²) in [5, 5.41) is 3.19. The Kier molecular flexibility index (Phi) is 5.76. The predicted molar refractivity (Wildman–Crippen MR) is 76.9 cm³/mol. The Morgan fingerprint density at radius 1 is 1.38 bits per heavy atom. The van der Waals surface area contributed by atoms with Gasteiger partial charge in [0, 0.05) is 13.1 Å². The van der Waals surface area contributed by atoms with E-state index in [1.165, 1.54) is 7.11 Å². The Morgan fingerprint density at radius 2 is 2.19 bits per heavy atom. The molecule has 0 amide bonds. The maximum atomic E-state index is 12.4. The van der Waals surface area contributed by atoms with E-state index in [-0.39, 0.29) is 5.75 Å². The first-order chi connectivity index (χ1) is 10.1. The molecule has 1 fully saturated rings. The van der Waals surface area contributed by atoms with Gasteiger partial charge in [-0.25, -0.2) is 0 Å². The zero-order valence-corrected chi connectivity index (χ0v) is 12.4. The average Bonchev–Trinajstić information content (AvgIpc) is 2.86. The lowest BCUT2D eigenvalue weighted by Gasteiger charge is -2.17. The molecule has 1 atom stereocenters. The fourth-order valence-electron chi connectivity index (χ4n) is 2.78. The predicted octanol–water partition coefficient (Wildman–Crippen LogP) is 2.34. The number of ether oxygens (including phenoxy) is 2. The van der Waals surface area contributed by atoms with Gasteiger partial charge in [-0.3, -0.25) is 4.90 Å². The maximum absolute atomic E-state index is 12.4. The molecule has 1 aromatic rings. The van der Waals surface area contributed by atoms with E-state index in [4.69, 9.17) is 4.74 Å². The number of halogens is 2. The van der Waals surface area contributed by atoms with Crippen LogP contribution in [-0.4, -0.2) is 45.3 Å². The van der Waals surface area contributed by atoms with Crippen LogP contribution in [0.4, 0.5) is 8.78 Å². The smallest absolute Gasteiger partial charge is 0.387 e. The Morgan fingerprint density at radius 3 is 2.86 bits per heavy atom. The third-order valence-corrected chi connectivity index (χ3v) is 3.71. The Hall–Kier alpha value is -1.40. The Labute approximate surface area is 124 Å². The number of nitrogens with zero attached hydrogens (tertiary/aromatic N) is 1. The molecule has 0 aliphatic carbocycles. The van der Waals surface area contributed by atoms with Crippen molar-refractivity contribution in [3.05, 3.63) is 23.8 Å². The molecule has 1 N–H and O–H groups in total. The molecule has 1 aliphatic heterocycles. The molecule has 6 heteroatoms. The van der Waals surface area contributed by atoms with Crippen LogP contribution in [0.3, 0.4) is 0 Å². The van der Waals surface area contributed by atoms with Crippen molar-refractivity contribution >= 4 is 0 Å². The van der Waals surface area contributed by atoms with Crippen molar-refractivity contribution in [2.45, 2.75) is 19.6 Å². The summed E-state index contributed by atoms with van der Waals surface area (Å²) in [4.78, 5) is 2.33. The highest BCUT2D eigenvalue weighted by Gasteiger charge is 2.22. The second-order valence-electron chi connectivity index (χ2n) is 5.31. The molecule has 0 bridgehead atoms. The van der Waals surface area contributed by atoms with Gasteiger partial charge in [0.05, 0.1) is 7.11 Å². The van der Waals surface area contributed by atoms with Crippen LogP contribution >= 0.6 is 0 Å². The van der Waals surface area contributed by atoms with E-state index in [0.29, 0.717) is 11.7 Å². The number of alkyl halides is 2. The van der Waals surface area contributed by atoms with E-state index in [2.05, 4.69) is 15.0 Å². The summed E-state index contributed by atoms with van der Waals surface area (Å²) in [6.07, 6.45) is 1.16. The molecule has 2 rings (SSSR count). The highest BCUT2D eigenvalue weighted by atomic mass is 19.3. The van der Waals surface area contributed by atoms with Gasteiger partial charge in [-0.2, -0.15) is 8.78 Å². The van der Waals surface area contributed by atoms with Gasteiger partial charge in [0.15, 0.2) is 11.5 Å². The van der Waals surface area contributed by atoms with E-state index in [1.807, 2.05) is 13.1 Å². The number of hydrogen-bond acceptors (Lipinski definition) is 4. The van der Waals surface area contributed by atoms with Gasteiger partial charge >= 0.3 is 6.61 Å². The average molecular weight is 300 g/mol. The van der Waals surface area contributed by atoms with Gasteiger partial charge in [-0.15, -0.1) is 0 Å². The Bertz CT molecular complexity index is 457. The second kappa shape index (κ2) is 7.56. The minimum Gasteiger partial charge on any atom is -0.493 e. The largest absolute Gasteiger partial charge is 0.493 e. The summed E-state index contributed by atoms with van der Waals surface area (Å²) < 4.78 is 34.4. The topological polar surface area (TPSA) is 33.7 Å². The minimum absolute atomic E-state index is 0.0935. The molecule has 1 aromatic carbocycles. The molecule has 1 aliphatic rings. The zero-order chi connectivity index (χ0) is 15.2. The van der Waals surface area contributed by atoms with Gasteiger partial charge < -0.3 is 14.8 Å². The molecule has 4 nitrogen and oxygen atoms in total. The summed E-state index contributed by atoms with van der Waals surface area (Å²) in [6.45, 7) is 0.963. The Balaban J connectivity index is 2.00. The van der Waals surface area contributed by atoms with Gasteiger partial charge in [-0.05, 0) is 50.2 Å². The third-order valence-electron chi connectivity index (χ3n) is 3.71. The summed E-state index contributed by atoms with van der Waals surface area (Å²) in [5.74, 6) is 1.08. The van der Waals surface area contributed by atoms with E-state index >= 15 is 0 Å². The van der Waals surface area contributed by atoms with Crippen molar-refractivity contribution in [1.82, 2.24) is 10.2 Å². The van der Waals surface area contributed by atoms with Crippen molar-refractivity contribution in [1.29, 1.82) is 0 Å². The monoisotopic (exact) mass is 300 g/mol. The first-order valence-corrected chi connectivity index (χ1v) is 7.11. The molecule has 0 spiro atoms. The lowest BCUT2D eigenvalue weighted by atomic mass is 10.1. The van der Waals surface area contributed by atoms with Crippen LogP contribution in [0.1, 0.15) is 12.0 Å². The van der Waals surface area contributed by atoms with Crippen molar-refractivity contribution < 1.29 is 18.3 Å². The first kappa shape index (κ1) is 16.0. The van der Waals surface area contributed by atoms with Crippen LogP contribution in [-0.2, 0) is 6.54 Å². The zero-order valence-electron chi connectivity index (χ0n) is 12.4. The lowest BCUT2D eigenvalue weighted by molar-refractivity contribution is -0.0512. The third kappa shape index (κ3) is 4.54. The number of methoxy groups -OCH3 is 1. The summed E-state index contributed by atoms with van der Waals surface area (Å²) in [5.41, 5.74) is 0.955. The van der Waals surface area contributed by atoms with E-state index < -0.39 is 6.61 Å². The van der Waals surface area contributed by atoms with Crippen molar-refractivity contribution in [2.75, 3.05) is 33.8 Å². The molecule has 0 saturated carbocycles. The minimum atomic E-state index is -2.85.